The van der Waals surface area contributed by atoms with E-state index in [2.05, 4.69) is 20.8 Å². The van der Waals surface area contributed by atoms with Crippen LogP contribution in [0.3, 0.4) is 0 Å². The molecule has 0 aromatic rings. The topological polar surface area (TPSA) is 38.7 Å². The first-order chi connectivity index (χ1) is 8.47. The summed E-state index contributed by atoms with van der Waals surface area (Å²) in [6, 6.07) is 0. The number of unbranched alkanes of at least 4 members (excludes halogenated alkanes) is 2. The summed E-state index contributed by atoms with van der Waals surface area (Å²) < 4.78 is 11.6. The van der Waals surface area contributed by atoms with E-state index in [1.807, 2.05) is 13.8 Å². The Morgan fingerprint density at radius 1 is 1.11 bits per heavy atom. The van der Waals surface area contributed by atoms with Gasteiger partial charge >= 0.3 is 0 Å². The molecule has 0 bridgehead atoms. The molecular formula is C15H32O3. The van der Waals surface area contributed by atoms with E-state index in [-0.39, 0.29) is 24.4 Å². The summed E-state index contributed by atoms with van der Waals surface area (Å²) in [5, 5.41) is 8.90. The molecule has 110 valence electrons. The number of rotatable bonds is 11. The highest BCUT2D eigenvalue weighted by Gasteiger charge is 2.25. The third-order valence-electron chi connectivity index (χ3n) is 3.42. The molecular weight excluding hydrogens is 228 g/mol. The van der Waals surface area contributed by atoms with Gasteiger partial charge in [-0.2, -0.15) is 0 Å². The lowest BCUT2D eigenvalue weighted by molar-refractivity contribution is -0.120. The van der Waals surface area contributed by atoms with Gasteiger partial charge in [0.15, 0.2) is 0 Å². The maximum Gasteiger partial charge on any atom is 0.0788 e. The molecule has 0 aromatic carbocycles. The Hall–Kier alpha value is -0.120. The fourth-order valence-corrected chi connectivity index (χ4v) is 1.94. The molecule has 3 atom stereocenters. The molecule has 0 aromatic heterocycles. The quantitative estimate of drug-likeness (QED) is 0.577. The molecule has 1 N–H and O–H groups in total. The third kappa shape index (κ3) is 8.06. The fraction of sp³-hybridized carbons (Fsp3) is 1.00. The zero-order chi connectivity index (χ0) is 14.0. The van der Waals surface area contributed by atoms with Gasteiger partial charge in [-0.3, -0.25) is 0 Å². The minimum absolute atomic E-state index is 0.0413. The van der Waals surface area contributed by atoms with Gasteiger partial charge in [0.05, 0.1) is 31.0 Å². The number of ether oxygens (including phenoxy) is 2. The van der Waals surface area contributed by atoms with Gasteiger partial charge in [-0.05, 0) is 33.6 Å². The van der Waals surface area contributed by atoms with Gasteiger partial charge in [0.2, 0.25) is 0 Å². The van der Waals surface area contributed by atoms with E-state index in [9.17, 15) is 0 Å². The van der Waals surface area contributed by atoms with Gasteiger partial charge in [-0.25, -0.2) is 0 Å². The monoisotopic (exact) mass is 260 g/mol. The normalized spacial score (nSPS) is 18.3. The van der Waals surface area contributed by atoms with Gasteiger partial charge in [0, 0.05) is 0 Å². The predicted octanol–water partition coefficient (Wildman–Crippen LogP) is 3.54. The molecule has 0 aliphatic rings. The summed E-state index contributed by atoms with van der Waals surface area (Å²) >= 11 is 0. The lowest BCUT2D eigenvalue weighted by atomic mass is 9.95. The zero-order valence-electron chi connectivity index (χ0n) is 12.9. The molecule has 3 unspecified atom stereocenters. The Labute approximate surface area is 113 Å². The highest BCUT2D eigenvalue weighted by atomic mass is 16.6. The van der Waals surface area contributed by atoms with Gasteiger partial charge in [-0.15, -0.1) is 0 Å². The standard InChI is InChI=1S/C15H32O3/c1-6-8-9-10-15(5,7-2)18-14(4)12-17-13(3)11-16/h13-14,16H,6-12H2,1-5H3. The van der Waals surface area contributed by atoms with Crippen LogP contribution in [0, 0.1) is 0 Å². The van der Waals surface area contributed by atoms with E-state index in [4.69, 9.17) is 14.6 Å². The molecule has 3 heteroatoms. The molecule has 0 saturated heterocycles. The van der Waals surface area contributed by atoms with E-state index in [0.717, 1.165) is 12.8 Å². The molecule has 0 fully saturated rings. The lowest BCUT2D eigenvalue weighted by Crippen LogP contribution is -2.35. The van der Waals surface area contributed by atoms with E-state index in [0.29, 0.717) is 6.61 Å². The van der Waals surface area contributed by atoms with Gasteiger partial charge < -0.3 is 14.6 Å². The second kappa shape index (κ2) is 9.76. The summed E-state index contributed by atoms with van der Waals surface area (Å²) in [6.07, 6.45) is 5.84. The minimum Gasteiger partial charge on any atom is -0.394 e. The van der Waals surface area contributed by atoms with Crippen molar-refractivity contribution < 1.29 is 14.6 Å². The SMILES string of the molecule is CCCCCC(C)(CC)OC(C)COC(C)CO. The van der Waals surface area contributed by atoms with E-state index in [1.165, 1.54) is 19.3 Å². The van der Waals surface area contributed by atoms with Crippen LogP contribution >= 0.6 is 0 Å². The summed E-state index contributed by atoms with van der Waals surface area (Å²) in [7, 11) is 0. The van der Waals surface area contributed by atoms with Crippen molar-refractivity contribution >= 4 is 0 Å². The number of hydrogen-bond donors (Lipinski definition) is 1. The number of hydrogen-bond acceptors (Lipinski definition) is 3. The second-order valence-corrected chi connectivity index (χ2v) is 5.52. The third-order valence-corrected chi connectivity index (χ3v) is 3.42. The van der Waals surface area contributed by atoms with Crippen LogP contribution in [-0.2, 0) is 9.47 Å². The van der Waals surface area contributed by atoms with Gasteiger partial charge in [0.1, 0.15) is 0 Å². The van der Waals surface area contributed by atoms with E-state index < -0.39 is 0 Å². The van der Waals surface area contributed by atoms with E-state index >= 15 is 0 Å². The van der Waals surface area contributed by atoms with Crippen LogP contribution in [-0.4, -0.2) is 36.1 Å². The van der Waals surface area contributed by atoms with Crippen LogP contribution in [0.1, 0.15) is 66.7 Å². The predicted molar refractivity (Wildman–Crippen MR) is 75.9 cm³/mol. The Balaban J connectivity index is 4.00. The van der Waals surface area contributed by atoms with Crippen molar-refractivity contribution in [2.45, 2.75) is 84.5 Å². The molecule has 0 aliphatic carbocycles. The van der Waals surface area contributed by atoms with Crippen LogP contribution in [0.15, 0.2) is 0 Å². The van der Waals surface area contributed by atoms with Crippen molar-refractivity contribution in [3.63, 3.8) is 0 Å². The Bertz CT molecular complexity index is 196. The van der Waals surface area contributed by atoms with Gasteiger partial charge in [-0.1, -0.05) is 33.1 Å². The molecule has 0 aliphatic heterocycles. The highest BCUT2D eigenvalue weighted by Crippen LogP contribution is 2.25. The molecule has 0 amide bonds. The van der Waals surface area contributed by atoms with Gasteiger partial charge in [0.25, 0.3) is 0 Å². The van der Waals surface area contributed by atoms with Crippen LogP contribution in [0.4, 0.5) is 0 Å². The number of aliphatic hydroxyl groups is 1. The fourth-order valence-electron chi connectivity index (χ4n) is 1.94. The van der Waals surface area contributed by atoms with Crippen molar-refractivity contribution in [2.24, 2.45) is 0 Å². The maximum atomic E-state index is 8.90. The molecule has 0 rings (SSSR count). The molecule has 0 saturated carbocycles. The molecule has 0 heterocycles. The van der Waals surface area contributed by atoms with Crippen LogP contribution < -0.4 is 0 Å². The lowest BCUT2D eigenvalue weighted by Gasteiger charge is -2.32. The molecule has 0 radical (unpaired) electrons. The summed E-state index contributed by atoms with van der Waals surface area (Å²) in [5.41, 5.74) is -0.0413. The summed E-state index contributed by atoms with van der Waals surface area (Å²) in [5.74, 6) is 0. The maximum absolute atomic E-state index is 8.90. The first kappa shape index (κ1) is 17.9. The van der Waals surface area contributed by atoms with Crippen molar-refractivity contribution in [1.82, 2.24) is 0 Å². The second-order valence-electron chi connectivity index (χ2n) is 5.52. The average Bonchev–Trinajstić information content (AvgIpc) is 2.36. The molecule has 0 spiro atoms. The van der Waals surface area contributed by atoms with Crippen molar-refractivity contribution in [3.05, 3.63) is 0 Å². The van der Waals surface area contributed by atoms with Crippen molar-refractivity contribution in [1.29, 1.82) is 0 Å². The largest absolute Gasteiger partial charge is 0.394 e. The molecule has 3 nitrogen and oxygen atoms in total. The first-order valence-electron chi connectivity index (χ1n) is 7.37. The smallest absolute Gasteiger partial charge is 0.0788 e. The summed E-state index contributed by atoms with van der Waals surface area (Å²) in [6.45, 7) is 11.1. The van der Waals surface area contributed by atoms with E-state index in [1.54, 1.807) is 0 Å². The Morgan fingerprint density at radius 3 is 2.28 bits per heavy atom. The number of aliphatic hydroxyl groups excluding tert-OH is 1. The highest BCUT2D eigenvalue weighted by molar-refractivity contribution is 4.75. The van der Waals surface area contributed by atoms with Crippen LogP contribution in [0.5, 0.6) is 0 Å². The zero-order valence-corrected chi connectivity index (χ0v) is 12.9. The first-order valence-corrected chi connectivity index (χ1v) is 7.37. The minimum atomic E-state index is -0.107. The Kier molecular flexibility index (Phi) is 9.70. The summed E-state index contributed by atoms with van der Waals surface area (Å²) in [4.78, 5) is 0. The van der Waals surface area contributed by atoms with Crippen LogP contribution in [0.2, 0.25) is 0 Å². The van der Waals surface area contributed by atoms with Crippen molar-refractivity contribution in [2.75, 3.05) is 13.2 Å². The molecule has 18 heavy (non-hydrogen) atoms. The Morgan fingerprint density at radius 2 is 1.78 bits per heavy atom. The van der Waals surface area contributed by atoms with Crippen molar-refractivity contribution in [3.8, 4) is 0 Å². The van der Waals surface area contributed by atoms with Crippen LogP contribution in [0.25, 0.3) is 0 Å². The average molecular weight is 260 g/mol.